The molecule has 0 bridgehead atoms. The summed E-state index contributed by atoms with van der Waals surface area (Å²) in [7, 11) is 3.62. The molecule has 0 saturated heterocycles. The Morgan fingerprint density at radius 3 is 1.89 bits per heavy atom. The summed E-state index contributed by atoms with van der Waals surface area (Å²) in [5.74, 6) is 1.02. The van der Waals surface area contributed by atoms with Crippen molar-refractivity contribution < 1.29 is 18.6 Å². The van der Waals surface area contributed by atoms with Gasteiger partial charge in [-0.1, -0.05) is 10.3 Å². The van der Waals surface area contributed by atoms with E-state index in [1.165, 1.54) is 13.0 Å². The summed E-state index contributed by atoms with van der Waals surface area (Å²) < 4.78 is 10.5. The van der Waals surface area contributed by atoms with Crippen molar-refractivity contribution >= 4 is 11.6 Å². The molecule has 0 aliphatic rings. The molecule has 0 fully saturated rings. The van der Waals surface area contributed by atoms with Gasteiger partial charge >= 0.3 is 0 Å². The predicted octanol–water partition coefficient (Wildman–Crippen LogP) is 2.30. The van der Waals surface area contributed by atoms with E-state index in [0.717, 1.165) is 0 Å². The molecule has 0 aliphatic heterocycles. The van der Waals surface area contributed by atoms with Crippen molar-refractivity contribution in [3.05, 3.63) is 35.2 Å². The van der Waals surface area contributed by atoms with Crippen LogP contribution in [-0.2, 0) is 20.4 Å². The topological polar surface area (TPSA) is 115 Å². The van der Waals surface area contributed by atoms with Gasteiger partial charge in [0, 0.05) is 32.3 Å². The van der Waals surface area contributed by atoms with Crippen molar-refractivity contribution in [2.24, 2.45) is 0 Å². The predicted molar refractivity (Wildman–Crippen MR) is 101 cm³/mol. The lowest BCUT2D eigenvalue weighted by Crippen LogP contribution is -2.35. The quantitative estimate of drug-likeness (QED) is 0.627. The van der Waals surface area contributed by atoms with E-state index < -0.39 is 10.8 Å². The Hall–Kier alpha value is -2.84. The zero-order valence-corrected chi connectivity index (χ0v) is 17.7. The van der Waals surface area contributed by atoms with Crippen LogP contribution in [0.15, 0.2) is 20.8 Å². The van der Waals surface area contributed by atoms with E-state index in [-0.39, 0.29) is 29.8 Å². The standard InChI is InChI=1S/C19H27N5O4/c1-11(25)19(6,17-21-13(3)23-28-17)10-14(24(7)8)9-15(26)18(4,5)16-20-12(2)22-27-16/h9H,10H2,1-8H3. The Labute approximate surface area is 164 Å². The molecule has 2 rings (SSSR count). The second kappa shape index (κ2) is 7.65. The van der Waals surface area contributed by atoms with Crippen molar-refractivity contribution in [1.29, 1.82) is 0 Å². The number of carbonyl (C=O) groups excluding carboxylic acids is 2. The summed E-state index contributed by atoms with van der Waals surface area (Å²) in [6.45, 7) is 10.0. The van der Waals surface area contributed by atoms with E-state index in [1.807, 2.05) is 14.1 Å². The molecule has 152 valence electrons. The second-order valence-electron chi connectivity index (χ2n) is 7.88. The summed E-state index contributed by atoms with van der Waals surface area (Å²) in [6.07, 6.45) is 1.73. The monoisotopic (exact) mass is 389 g/mol. The third kappa shape index (κ3) is 4.18. The van der Waals surface area contributed by atoms with E-state index in [0.29, 0.717) is 17.3 Å². The zero-order chi connectivity index (χ0) is 21.3. The molecule has 2 aromatic rings. The number of Topliss-reactive ketones (excluding diaryl/α,β-unsaturated/α-hetero) is 1. The maximum atomic E-state index is 13.0. The van der Waals surface area contributed by atoms with Crippen LogP contribution in [0.5, 0.6) is 0 Å². The Morgan fingerprint density at radius 1 is 1.00 bits per heavy atom. The first-order valence-electron chi connectivity index (χ1n) is 8.93. The molecule has 28 heavy (non-hydrogen) atoms. The van der Waals surface area contributed by atoms with Gasteiger partial charge in [0.05, 0.1) is 0 Å². The van der Waals surface area contributed by atoms with Gasteiger partial charge < -0.3 is 13.9 Å². The van der Waals surface area contributed by atoms with E-state index in [9.17, 15) is 9.59 Å². The molecule has 0 aliphatic carbocycles. The first-order valence-corrected chi connectivity index (χ1v) is 8.93. The fourth-order valence-corrected chi connectivity index (χ4v) is 2.56. The minimum Gasteiger partial charge on any atom is -0.381 e. The minimum absolute atomic E-state index is 0.136. The highest BCUT2D eigenvalue weighted by Gasteiger charge is 2.40. The maximum absolute atomic E-state index is 13.0. The first kappa shape index (κ1) is 21.5. The van der Waals surface area contributed by atoms with Crippen LogP contribution < -0.4 is 0 Å². The molecule has 0 saturated carbocycles. The molecular formula is C19H27N5O4. The van der Waals surface area contributed by atoms with Crippen LogP contribution >= 0.6 is 0 Å². The smallest absolute Gasteiger partial charge is 0.240 e. The molecule has 2 aromatic heterocycles. The number of ketones is 2. The van der Waals surface area contributed by atoms with E-state index in [4.69, 9.17) is 9.05 Å². The number of aromatic nitrogens is 4. The number of aryl methyl sites for hydroxylation is 2. The fraction of sp³-hybridized carbons (Fsp3) is 0.579. The van der Waals surface area contributed by atoms with Crippen LogP contribution in [0.2, 0.25) is 0 Å². The van der Waals surface area contributed by atoms with Crippen molar-refractivity contribution in [1.82, 2.24) is 25.2 Å². The summed E-state index contributed by atoms with van der Waals surface area (Å²) in [5, 5.41) is 7.56. The van der Waals surface area contributed by atoms with Gasteiger partial charge in [0.2, 0.25) is 11.8 Å². The second-order valence-corrected chi connectivity index (χ2v) is 7.88. The lowest BCUT2D eigenvalue weighted by atomic mass is 9.80. The van der Waals surface area contributed by atoms with Crippen LogP contribution in [0, 0.1) is 13.8 Å². The third-order valence-electron chi connectivity index (χ3n) is 4.86. The third-order valence-corrected chi connectivity index (χ3v) is 4.86. The Morgan fingerprint density at radius 2 is 1.50 bits per heavy atom. The molecule has 1 unspecified atom stereocenters. The molecule has 0 radical (unpaired) electrons. The minimum atomic E-state index is -1.05. The van der Waals surface area contributed by atoms with Crippen LogP contribution in [-0.4, -0.2) is 50.8 Å². The SMILES string of the molecule is CC(=O)C(C)(CC(=CC(=O)C(C)(C)c1nc(C)no1)N(C)C)c1nc(C)no1. The lowest BCUT2D eigenvalue weighted by molar-refractivity contribution is -0.123. The van der Waals surface area contributed by atoms with E-state index in [1.54, 1.807) is 39.5 Å². The van der Waals surface area contributed by atoms with Gasteiger partial charge in [-0.3, -0.25) is 9.59 Å². The lowest BCUT2D eigenvalue weighted by Gasteiger charge is -2.28. The van der Waals surface area contributed by atoms with Gasteiger partial charge in [0.15, 0.2) is 17.4 Å². The molecule has 0 amide bonds. The summed E-state index contributed by atoms with van der Waals surface area (Å²) in [5.41, 5.74) is -1.41. The van der Waals surface area contributed by atoms with Crippen LogP contribution in [0.3, 0.4) is 0 Å². The highest BCUT2D eigenvalue weighted by Crippen LogP contribution is 2.33. The number of hydrogen-bond acceptors (Lipinski definition) is 9. The Balaban J connectivity index is 2.40. The fourth-order valence-electron chi connectivity index (χ4n) is 2.56. The number of allylic oxidation sites excluding steroid dienone is 2. The van der Waals surface area contributed by atoms with Gasteiger partial charge in [0.25, 0.3) is 0 Å². The van der Waals surface area contributed by atoms with Gasteiger partial charge in [-0.2, -0.15) is 9.97 Å². The first-order chi connectivity index (χ1) is 12.9. The van der Waals surface area contributed by atoms with Crippen molar-refractivity contribution in [3.8, 4) is 0 Å². The number of hydrogen-bond donors (Lipinski definition) is 0. The average molecular weight is 389 g/mol. The molecule has 9 heteroatoms. The van der Waals surface area contributed by atoms with E-state index in [2.05, 4.69) is 20.3 Å². The molecule has 9 nitrogen and oxygen atoms in total. The highest BCUT2D eigenvalue weighted by atomic mass is 16.5. The Bertz CT molecular complexity index is 909. The van der Waals surface area contributed by atoms with Crippen molar-refractivity contribution in [2.75, 3.05) is 14.1 Å². The largest absolute Gasteiger partial charge is 0.381 e. The van der Waals surface area contributed by atoms with Crippen LogP contribution in [0.25, 0.3) is 0 Å². The van der Waals surface area contributed by atoms with E-state index >= 15 is 0 Å². The Kier molecular flexibility index (Phi) is 5.86. The number of carbonyl (C=O) groups is 2. The molecule has 0 aromatic carbocycles. The van der Waals surface area contributed by atoms with Crippen LogP contribution in [0.1, 0.15) is 57.5 Å². The van der Waals surface area contributed by atoms with Gasteiger partial charge in [-0.15, -0.1) is 0 Å². The van der Waals surface area contributed by atoms with Crippen LogP contribution in [0.4, 0.5) is 0 Å². The van der Waals surface area contributed by atoms with Crippen molar-refractivity contribution in [2.45, 2.75) is 58.8 Å². The normalized spacial score (nSPS) is 14.6. The molecule has 1 atom stereocenters. The summed E-state index contributed by atoms with van der Waals surface area (Å²) in [6, 6.07) is 0. The molecule has 0 N–H and O–H groups in total. The molecule has 2 heterocycles. The number of rotatable bonds is 8. The average Bonchev–Trinajstić information content (AvgIpc) is 3.22. The highest BCUT2D eigenvalue weighted by molar-refractivity contribution is 5.98. The molecule has 0 spiro atoms. The van der Waals surface area contributed by atoms with Crippen molar-refractivity contribution in [3.63, 3.8) is 0 Å². The maximum Gasteiger partial charge on any atom is 0.240 e. The van der Waals surface area contributed by atoms with Gasteiger partial charge in [-0.25, -0.2) is 0 Å². The van der Waals surface area contributed by atoms with Gasteiger partial charge in [-0.05, 0) is 41.5 Å². The molecular weight excluding hydrogens is 362 g/mol. The van der Waals surface area contributed by atoms with Gasteiger partial charge in [0.1, 0.15) is 16.6 Å². The summed E-state index contributed by atoms with van der Waals surface area (Å²) >= 11 is 0. The number of nitrogens with zero attached hydrogens (tertiary/aromatic N) is 5. The zero-order valence-electron chi connectivity index (χ0n) is 17.7. The summed E-state index contributed by atoms with van der Waals surface area (Å²) in [4.78, 5) is 35.7.